The first-order valence-corrected chi connectivity index (χ1v) is 6.35. The van der Waals surface area contributed by atoms with E-state index >= 15 is 0 Å². The summed E-state index contributed by atoms with van der Waals surface area (Å²) < 4.78 is 0. The largest absolute Gasteiger partial charge is 0.329 e. The zero-order valence-electron chi connectivity index (χ0n) is 9.73. The maximum Gasteiger partial charge on any atom is 0.0339 e. The van der Waals surface area contributed by atoms with Crippen LogP contribution in [-0.4, -0.2) is 23.0 Å². The molecule has 16 heavy (non-hydrogen) atoms. The highest BCUT2D eigenvalue weighted by molar-refractivity contribution is 5.17. The third-order valence-corrected chi connectivity index (χ3v) is 4.51. The Kier molecular flexibility index (Phi) is 2.49. The Morgan fingerprint density at radius 3 is 2.50 bits per heavy atom. The summed E-state index contributed by atoms with van der Waals surface area (Å²) in [5, 5.41) is 0. The minimum Gasteiger partial charge on any atom is -0.329 e. The van der Waals surface area contributed by atoms with Crippen LogP contribution in [0, 0.1) is 0 Å². The van der Waals surface area contributed by atoms with Crippen LogP contribution >= 0.6 is 0 Å². The van der Waals surface area contributed by atoms with Gasteiger partial charge < -0.3 is 5.73 Å². The number of fused-ring (bicyclic) bond motifs is 2. The van der Waals surface area contributed by atoms with Crippen LogP contribution in [0.4, 0.5) is 0 Å². The van der Waals surface area contributed by atoms with Crippen LogP contribution in [-0.2, 0) is 6.54 Å². The third kappa shape index (κ3) is 1.48. The third-order valence-electron chi connectivity index (χ3n) is 4.51. The normalized spacial score (nSPS) is 33.4. The van der Waals surface area contributed by atoms with Crippen LogP contribution in [0.2, 0.25) is 0 Å². The molecule has 2 heteroatoms. The first-order chi connectivity index (χ1) is 7.84. The maximum atomic E-state index is 6.01. The van der Waals surface area contributed by atoms with Crippen LogP contribution in [0.3, 0.4) is 0 Å². The van der Waals surface area contributed by atoms with Gasteiger partial charge in [0.1, 0.15) is 0 Å². The second-order valence-electron chi connectivity index (χ2n) is 5.27. The van der Waals surface area contributed by atoms with Gasteiger partial charge in [-0.2, -0.15) is 0 Å². The molecular weight excluding hydrogens is 196 g/mol. The maximum absolute atomic E-state index is 6.01. The minimum absolute atomic E-state index is 0.334. The van der Waals surface area contributed by atoms with Gasteiger partial charge in [0.2, 0.25) is 0 Å². The minimum atomic E-state index is 0.334. The van der Waals surface area contributed by atoms with Crippen LogP contribution in [0.25, 0.3) is 0 Å². The van der Waals surface area contributed by atoms with Crippen molar-refractivity contribution in [2.45, 2.75) is 43.8 Å². The van der Waals surface area contributed by atoms with Gasteiger partial charge in [-0.15, -0.1) is 0 Å². The van der Waals surface area contributed by atoms with Crippen molar-refractivity contribution in [1.82, 2.24) is 4.90 Å². The van der Waals surface area contributed by atoms with Gasteiger partial charge >= 0.3 is 0 Å². The average Bonchev–Trinajstić information content (AvgIpc) is 2.86. The molecule has 2 fully saturated rings. The highest BCUT2D eigenvalue weighted by Gasteiger charge is 2.50. The predicted molar refractivity (Wildman–Crippen MR) is 66.0 cm³/mol. The number of nitrogens with zero attached hydrogens (tertiary/aromatic N) is 1. The van der Waals surface area contributed by atoms with E-state index in [1.54, 1.807) is 0 Å². The molecule has 0 aromatic heterocycles. The second kappa shape index (κ2) is 3.86. The summed E-state index contributed by atoms with van der Waals surface area (Å²) in [6.45, 7) is 1.92. The van der Waals surface area contributed by atoms with Gasteiger partial charge in [0.15, 0.2) is 0 Å². The molecule has 3 rings (SSSR count). The van der Waals surface area contributed by atoms with E-state index in [0.717, 1.165) is 19.1 Å². The fourth-order valence-electron chi connectivity index (χ4n) is 3.52. The molecule has 0 saturated carbocycles. The molecule has 0 amide bonds. The average molecular weight is 216 g/mol. The molecule has 86 valence electrons. The molecule has 0 atom stereocenters. The molecule has 2 bridgehead atoms. The Bertz CT molecular complexity index is 352. The van der Waals surface area contributed by atoms with E-state index in [-0.39, 0.29) is 0 Å². The summed E-state index contributed by atoms with van der Waals surface area (Å²) in [5.74, 6) is 0. The Morgan fingerprint density at radius 2 is 1.88 bits per heavy atom. The highest BCUT2D eigenvalue weighted by atomic mass is 15.3. The van der Waals surface area contributed by atoms with E-state index in [9.17, 15) is 0 Å². The lowest BCUT2D eigenvalue weighted by Gasteiger charge is -2.33. The molecule has 2 nitrogen and oxygen atoms in total. The van der Waals surface area contributed by atoms with E-state index < -0.39 is 0 Å². The molecule has 2 heterocycles. The molecule has 2 saturated heterocycles. The summed E-state index contributed by atoms with van der Waals surface area (Å²) in [6.07, 6.45) is 5.32. The van der Waals surface area contributed by atoms with Crippen molar-refractivity contribution in [3.8, 4) is 0 Å². The summed E-state index contributed by atoms with van der Waals surface area (Å²) in [5.41, 5.74) is 7.77. The highest BCUT2D eigenvalue weighted by Crippen LogP contribution is 2.46. The fraction of sp³-hybridized carbons (Fsp3) is 0.571. The van der Waals surface area contributed by atoms with Gasteiger partial charge in [0.25, 0.3) is 0 Å². The van der Waals surface area contributed by atoms with Crippen molar-refractivity contribution in [3.05, 3.63) is 35.9 Å². The summed E-state index contributed by atoms with van der Waals surface area (Å²) in [6, 6.07) is 11.6. The van der Waals surface area contributed by atoms with Gasteiger partial charge in [-0.25, -0.2) is 0 Å². The molecule has 0 unspecified atom stereocenters. The van der Waals surface area contributed by atoms with Crippen LogP contribution in [0.1, 0.15) is 31.2 Å². The summed E-state index contributed by atoms with van der Waals surface area (Å²) >= 11 is 0. The van der Waals surface area contributed by atoms with Crippen molar-refractivity contribution < 1.29 is 0 Å². The topological polar surface area (TPSA) is 29.3 Å². The molecule has 0 aliphatic carbocycles. The zero-order chi connectivity index (χ0) is 11.0. The van der Waals surface area contributed by atoms with Gasteiger partial charge in [-0.3, -0.25) is 4.90 Å². The monoisotopic (exact) mass is 216 g/mol. The van der Waals surface area contributed by atoms with Crippen LogP contribution in [0.15, 0.2) is 30.3 Å². The van der Waals surface area contributed by atoms with Crippen LogP contribution < -0.4 is 5.73 Å². The van der Waals surface area contributed by atoms with E-state index in [1.165, 1.54) is 31.2 Å². The van der Waals surface area contributed by atoms with E-state index in [2.05, 4.69) is 35.2 Å². The quantitative estimate of drug-likeness (QED) is 0.838. The number of nitrogens with two attached hydrogens (primary N) is 1. The van der Waals surface area contributed by atoms with Crippen molar-refractivity contribution in [2.75, 3.05) is 6.54 Å². The van der Waals surface area contributed by atoms with E-state index in [0.29, 0.717) is 5.54 Å². The number of hydrogen-bond donors (Lipinski definition) is 1. The van der Waals surface area contributed by atoms with Crippen molar-refractivity contribution in [3.63, 3.8) is 0 Å². The Morgan fingerprint density at radius 1 is 1.19 bits per heavy atom. The van der Waals surface area contributed by atoms with Gasteiger partial charge in [0.05, 0.1) is 0 Å². The Balaban J connectivity index is 1.81. The van der Waals surface area contributed by atoms with Gasteiger partial charge in [-0.05, 0) is 31.2 Å². The second-order valence-corrected chi connectivity index (χ2v) is 5.27. The zero-order valence-corrected chi connectivity index (χ0v) is 9.73. The van der Waals surface area contributed by atoms with Crippen molar-refractivity contribution in [2.24, 2.45) is 5.73 Å². The molecular formula is C14H20N2. The van der Waals surface area contributed by atoms with Crippen molar-refractivity contribution >= 4 is 0 Å². The number of benzene rings is 1. The molecule has 1 aromatic rings. The fourth-order valence-corrected chi connectivity index (χ4v) is 3.52. The lowest BCUT2D eigenvalue weighted by Crippen LogP contribution is -2.46. The molecule has 0 radical (unpaired) electrons. The Hall–Kier alpha value is -0.860. The smallest absolute Gasteiger partial charge is 0.0339 e. The van der Waals surface area contributed by atoms with E-state index in [1.807, 2.05) is 0 Å². The van der Waals surface area contributed by atoms with E-state index in [4.69, 9.17) is 5.73 Å². The molecule has 0 spiro atoms. The first-order valence-electron chi connectivity index (χ1n) is 6.35. The molecule has 2 aliphatic rings. The van der Waals surface area contributed by atoms with Crippen LogP contribution in [0.5, 0.6) is 0 Å². The number of rotatable bonds is 3. The molecule has 1 aromatic carbocycles. The predicted octanol–water partition coefficient (Wildman–Crippen LogP) is 2.14. The summed E-state index contributed by atoms with van der Waals surface area (Å²) in [4.78, 5) is 2.67. The van der Waals surface area contributed by atoms with Crippen molar-refractivity contribution in [1.29, 1.82) is 0 Å². The first kappa shape index (κ1) is 10.3. The SMILES string of the molecule is NCC12CCC(CC1)N2Cc1ccccc1. The van der Waals surface area contributed by atoms with Gasteiger partial charge in [-0.1, -0.05) is 30.3 Å². The van der Waals surface area contributed by atoms with Gasteiger partial charge in [0, 0.05) is 24.7 Å². The standard InChI is InChI=1S/C14H20N2/c15-11-14-8-6-13(7-9-14)16(14)10-12-4-2-1-3-5-12/h1-5,13H,6-11,15H2. The lowest BCUT2D eigenvalue weighted by molar-refractivity contribution is 0.152. The molecule has 2 aliphatic heterocycles. The molecule has 2 N–H and O–H groups in total. The summed E-state index contributed by atoms with van der Waals surface area (Å²) in [7, 11) is 0. The number of hydrogen-bond acceptors (Lipinski definition) is 2. The Labute approximate surface area is 97.4 Å². The lowest BCUT2D eigenvalue weighted by atomic mass is 9.88.